The zero-order valence-corrected chi connectivity index (χ0v) is 14.6. The molecule has 5 heteroatoms. The van der Waals surface area contributed by atoms with Crippen LogP contribution in [-0.2, 0) is 9.53 Å². The number of halogens is 1. The minimum Gasteiger partial charge on any atom is -0.495 e. The number of allylic oxidation sites excluding steroid dienone is 2. The quantitative estimate of drug-likeness (QED) is 0.651. The molecule has 4 nitrogen and oxygen atoms in total. The van der Waals surface area contributed by atoms with Gasteiger partial charge in [0, 0.05) is 22.4 Å². The molecule has 0 spiro atoms. The smallest absolute Gasteiger partial charge is 0.329 e. The van der Waals surface area contributed by atoms with Gasteiger partial charge in [-0.25, -0.2) is 4.79 Å². The zero-order valence-electron chi connectivity index (χ0n) is 13.9. The highest BCUT2D eigenvalue weighted by Gasteiger charge is 2.44. The third kappa shape index (κ3) is 2.92. The number of anilines is 1. The van der Waals surface area contributed by atoms with E-state index < -0.39 is 11.6 Å². The Hall–Kier alpha value is -1.68. The minimum atomic E-state index is -0.515. The molecule has 0 unspecified atom stereocenters. The first-order chi connectivity index (χ1) is 10.8. The molecule has 1 heterocycles. The predicted octanol–water partition coefficient (Wildman–Crippen LogP) is 4.14. The standard InChI is InChI=1S/C18H22ClNO3/c1-18(2,3)23-17(21)15-11-7-5-6-10(11)14-12(19)8-9-13(22-4)16(14)20-15/h5-6,8-11,15,20H,7H2,1-4H3/t10-,11+,15-/m1/s1. The van der Waals surface area contributed by atoms with Gasteiger partial charge in [-0.3, -0.25) is 0 Å². The van der Waals surface area contributed by atoms with Gasteiger partial charge in [0.05, 0.1) is 12.8 Å². The van der Waals surface area contributed by atoms with Crippen molar-refractivity contribution in [3.05, 3.63) is 34.9 Å². The Labute approximate surface area is 141 Å². The minimum absolute atomic E-state index is 0.103. The molecule has 3 rings (SSSR count). The van der Waals surface area contributed by atoms with E-state index in [1.807, 2.05) is 32.9 Å². The highest BCUT2D eigenvalue weighted by molar-refractivity contribution is 6.32. The predicted molar refractivity (Wildman–Crippen MR) is 91.2 cm³/mol. The molecular weight excluding hydrogens is 314 g/mol. The molecule has 2 aliphatic rings. The lowest BCUT2D eigenvalue weighted by Crippen LogP contribution is -2.45. The van der Waals surface area contributed by atoms with Gasteiger partial charge in [0.2, 0.25) is 0 Å². The van der Waals surface area contributed by atoms with Gasteiger partial charge in [-0.2, -0.15) is 0 Å². The summed E-state index contributed by atoms with van der Waals surface area (Å²) in [5.74, 6) is 0.675. The molecule has 1 aliphatic carbocycles. The van der Waals surface area contributed by atoms with Gasteiger partial charge in [-0.1, -0.05) is 23.8 Å². The molecule has 0 amide bonds. The molecular formula is C18H22ClNO3. The van der Waals surface area contributed by atoms with Crippen molar-refractivity contribution in [2.45, 2.75) is 44.8 Å². The van der Waals surface area contributed by atoms with E-state index in [0.29, 0.717) is 10.8 Å². The Morgan fingerprint density at radius 1 is 1.35 bits per heavy atom. The molecule has 124 valence electrons. The first-order valence-corrected chi connectivity index (χ1v) is 8.22. The number of esters is 1. The van der Waals surface area contributed by atoms with E-state index in [9.17, 15) is 4.79 Å². The van der Waals surface area contributed by atoms with E-state index in [-0.39, 0.29) is 17.8 Å². The van der Waals surface area contributed by atoms with Crippen LogP contribution in [0.25, 0.3) is 0 Å². The molecule has 0 saturated carbocycles. The molecule has 3 atom stereocenters. The van der Waals surface area contributed by atoms with Gasteiger partial charge in [0.1, 0.15) is 17.4 Å². The Morgan fingerprint density at radius 2 is 2.09 bits per heavy atom. The van der Waals surface area contributed by atoms with Crippen molar-refractivity contribution in [2.75, 3.05) is 12.4 Å². The van der Waals surface area contributed by atoms with Crippen LogP contribution in [-0.4, -0.2) is 24.7 Å². The van der Waals surface area contributed by atoms with Crippen LogP contribution in [0.3, 0.4) is 0 Å². The van der Waals surface area contributed by atoms with Crippen LogP contribution < -0.4 is 10.1 Å². The second-order valence-electron chi connectivity index (χ2n) is 7.05. The van der Waals surface area contributed by atoms with E-state index in [1.54, 1.807) is 7.11 Å². The fraction of sp³-hybridized carbons (Fsp3) is 0.500. The number of fused-ring (bicyclic) bond motifs is 3. The largest absolute Gasteiger partial charge is 0.495 e. The topological polar surface area (TPSA) is 47.6 Å². The van der Waals surface area contributed by atoms with Crippen LogP contribution in [0, 0.1) is 5.92 Å². The molecule has 0 bridgehead atoms. The molecule has 1 N–H and O–H groups in total. The summed E-state index contributed by atoms with van der Waals surface area (Å²) in [5.41, 5.74) is 1.28. The Morgan fingerprint density at radius 3 is 2.74 bits per heavy atom. The number of methoxy groups -OCH3 is 1. The van der Waals surface area contributed by atoms with Crippen LogP contribution in [0.5, 0.6) is 5.75 Å². The summed E-state index contributed by atoms with van der Waals surface area (Å²) in [6.45, 7) is 5.64. The van der Waals surface area contributed by atoms with E-state index in [4.69, 9.17) is 21.1 Å². The van der Waals surface area contributed by atoms with E-state index >= 15 is 0 Å². The molecule has 1 aliphatic heterocycles. The van der Waals surface area contributed by atoms with Gasteiger partial charge in [0.15, 0.2) is 0 Å². The number of hydrogen-bond donors (Lipinski definition) is 1. The van der Waals surface area contributed by atoms with Crippen molar-refractivity contribution in [2.24, 2.45) is 5.92 Å². The van der Waals surface area contributed by atoms with Crippen molar-refractivity contribution in [3.8, 4) is 5.75 Å². The molecule has 0 radical (unpaired) electrons. The highest BCUT2D eigenvalue weighted by Crippen LogP contribution is 2.50. The molecule has 1 aromatic rings. The molecule has 0 aromatic heterocycles. The van der Waals surface area contributed by atoms with Gasteiger partial charge >= 0.3 is 5.97 Å². The number of carbonyl (C=O) groups excluding carboxylic acids is 1. The van der Waals surface area contributed by atoms with Gasteiger partial charge in [-0.15, -0.1) is 0 Å². The highest BCUT2D eigenvalue weighted by atomic mass is 35.5. The lowest BCUT2D eigenvalue weighted by Gasteiger charge is -2.37. The Kier molecular flexibility index (Phi) is 4.05. The maximum atomic E-state index is 12.7. The Bertz CT molecular complexity index is 663. The van der Waals surface area contributed by atoms with E-state index in [1.165, 1.54) is 0 Å². The van der Waals surface area contributed by atoms with Gasteiger partial charge in [-0.05, 0) is 39.3 Å². The van der Waals surface area contributed by atoms with Crippen LogP contribution in [0.4, 0.5) is 5.69 Å². The molecule has 23 heavy (non-hydrogen) atoms. The maximum Gasteiger partial charge on any atom is 0.329 e. The second kappa shape index (κ2) is 5.75. The van der Waals surface area contributed by atoms with Crippen molar-refractivity contribution in [3.63, 3.8) is 0 Å². The first kappa shape index (κ1) is 16.2. The number of hydrogen-bond acceptors (Lipinski definition) is 4. The summed E-state index contributed by atoms with van der Waals surface area (Å²) in [6, 6.07) is 3.26. The summed E-state index contributed by atoms with van der Waals surface area (Å²) < 4.78 is 11.0. The number of ether oxygens (including phenoxy) is 2. The van der Waals surface area contributed by atoms with Crippen molar-refractivity contribution in [1.29, 1.82) is 0 Å². The SMILES string of the molecule is COc1ccc(Cl)c2c1N[C@@H](C(=O)OC(C)(C)C)[C@H]1CC=C[C@@H]21. The summed E-state index contributed by atoms with van der Waals surface area (Å²) in [5, 5.41) is 4.02. The maximum absolute atomic E-state index is 12.7. The lowest BCUT2D eigenvalue weighted by atomic mass is 9.79. The zero-order chi connectivity index (χ0) is 16.8. The van der Waals surface area contributed by atoms with Crippen LogP contribution in [0.1, 0.15) is 38.7 Å². The normalized spacial score (nSPS) is 25.3. The third-order valence-electron chi connectivity index (χ3n) is 4.31. The van der Waals surface area contributed by atoms with Gasteiger partial charge in [0.25, 0.3) is 0 Å². The summed E-state index contributed by atoms with van der Waals surface area (Å²) >= 11 is 6.43. The van der Waals surface area contributed by atoms with Crippen LogP contribution >= 0.6 is 11.6 Å². The average Bonchev–Trinajstić information content (AvgIpc) is 2.93. The summed E-state index contributed by atoms with van der Waals surface area (Å²) in [7, 11) is 1.62. The van der Waals surface area contributed by atoms with Crippen LogP contribution in [0.2, 0.25) is 5.02 Å². The third-order valence-corrected chi connectivity index (χ3v) is 4.64. The van der Waals surface area contributed by atoms with E-state index in [2.05, 4.69) is 17.5 Å². The summed E-state index contributed by atoms with van der Waals surface area (Å²) in [4.78, 5) is 12.7. The molecule has 1 aromatic carbocycles. The van der Waals surface area contributed by atoms with Crippen molar-refractivity contribution >= 4 is 23.3 Å². The monoisotopic (exact) mass is 335 g/mol. The average molecular weight is 336 g/mol. The number of nitrogens with one attached hydrogen (secondary N) is 1. The first-order valence-electron chi connectivity index (χ1n) is 7.84. The van der Waals surface area contributed by atoms with Crippen molar-refractivity contribution in [1.82, 2.24) is 0 Å². The van der Waals surface area contributed by atoms with E-state index in [0.717, 1.165) is 17.7 Å². The fourth-order valence-corrected chi connectivity index (χ4v) is 3.69. The number of carbonyl (C=O) groups is 1. The van der Waals surface area contributed by atoms with Crippen molar-refractivity contribution < 1.29 is 14.3 Å². The molecule has 0 saturated heterocycles. The number of benzene rings is 1. The number of rotatable bonds is 2. The van der Waals surface area contributed by atoms with Crippen LogP contribution in [0.15, 0.2) is 24.3 Å². The summed E-state index contributed by atoms with van der Waals surface area (Å²) in [6.07, 6.45) is 5.07. The van der Waals surface area contributed by atoms with Gasteiger partial charge < -0.3 is 14.8 Å². The molecule has 0 fully saturated rings. The lowest BCUT2D eigenvalue weighted by molar-refractivity contribution is -0.157. The Balaban J connectivity index is 2.02. The fourth-order valence-electron chi connectivity index (χ4n) is 3.41. The second-order valence-corrected chi connectivity index (χ2v) is 7.45.